The van der Waals surface area contributed by atoms with E-state index in [4.69, 9.17) is 0 Å². The Morgan fingerprint density at radius 3 is 2.84 bits per heavy atom. The molecule has 130 valence electrons. The maximum atomic E-state index is 12.5. The molecule has 0 spiro atoms. The minimum atomic E-state index is -0.0551. The van der Waals surface area contributed by atoms with E-state index in [0.29, 0.717) is 17.7 Å². The Labute approximate surface area is 151 Å². The molecule has 2 heterocycles. The van der Waals surface area contributed by atoms with Crippen LogP contribution in [-0.4, -0.2) is 34.8 Å². The molecule has 0 atom stereocenters. The fourth-order valence-electron chi connectivity index (χ4n) is 3.45. The standard InChI is InChI=1S/C19H22N4OS/c1-23-18(24)16(10-13-8-9-15-17(11-13)25-12-20-15)22-19(23)21-14-6-4-2-3-5-7-14/h8-12,14H,2-7H2,1H3,(H,21,22)/b16-10-. The third-order valence-electron chi connectivity index (χ3n) is 4.91. The number of rotatable bonds is 2. The summed E-state index contributed by atoms with van der Waals surface area (Å²) in [4.78, 5) is 23.0. The molecule has 0 radical (unpaired) electrons. The Morgan fingerprint density at radius 1 is 1.24 bits per heavy atom. The van der Waals surface area contributed by atoms with Crippen molar-refractivity contribution in [2.24, 2.45) is 4.99 Å². The normalized spacial score (nSPS) is 21.0. The molecule has 4 rings (SSSR count). The number of hydrogen-bond donors (Lipinski definition) is 1. The van der Waals surface area contributed by atoms with Crippen LogP contribution in [0.5, 0.6) is 0 Å². The van der Waals surface area contributed by atoms with Crippen LogP contribution in [0, 0.1) is 0 Å². The van der Waals surface area contributed by atoms with Crippen molar-refractivity contribution in [3.63, 3.8) is 0 Å². The quantitative estimate of drug-likeness (QED) is 0.660. The lowest BCUT2D eigenvalue weighted by Gasteiger charge is -2.20. The van der Waals surface area contributed by atoms with E-state index in [2.05, 4.69) is 21.4 Å². The van der Waals surface area contributed by atoms with E-state index in [0.717, 1.165) is 28.6 Å². The van der Waals surface area contributed by atoms with E-state index in [1.807, 2.05) is 23.7 Å². The summed E-state index contributed by atoms with van der Waals surface area (Å²) >= 11 is 1.60. The molecule has 25 heavy (non-hydrogen) atoms. The predicted molar refractivity (Wildman–Crippen MR) is 102 cm³/mol. The van der Waals surface area contributed by atoms with E-state index in [-0.39, 0.29) is 5.91 Å². The molecule has 2 aliphatic rings. The second kappa shape index (κ2) is 6.96. The highest BCUT2D eigenvalue weighted by molar-refractivity contribution is 7.16. The third kappa shape index (κ3) is 3.44. The molecule has 1 amide bonds. The summed E-state index contributed by atoms with van der Waals surface area (Å²) in [5.74, 6) is 0.627. The van der Waals surface area contributed by atoms with Crippen LogP contribution in [0.3, 0.4) is 0 Å². The number of fused-ring (bicyclic) bond motifs is 1. The zero-order valence-electron chi connectivity index (χ0n) is 14.4. The van der Waals surface area contributed by atoms with E-state index in [9.17, 15) is 4.79 Å². The molecule has 0 bridgehead atoms. The molecule has 1 aliphatic carbocycles. The van der Waals surface area contributed by atoms with Gasteiger partial charge in [0.2, 0.25) is 5.96 Å². The van der Waals surface area contributed by atoms with Crippen molar-refractivity contribution in [3.05, 3.63) is 35.0 Å². The summed E-state index contributed by atoms with van der Waals surface area (Å²) in [6.45, 7) is 0. The van der Waals surface area contributed by atoms with Gasteiger partial charge in [-0.25, -0.2) is 9.98 Å². The van der Waals surface area contributed by atoms with Gasteiger partial charge in [0.25, 0.3) is 5.91 Å². The Morgan fingerprint density at radius 2 is 2.04 bits per heavy atom. The highest BCUT2D eigenvalue weighted by atomic mass is 32.1. The molecule has 6 heteroatoms. The molecule has 2 aromatic rings. The van der Waals surface area contributed by atoms with Crippen LogP contribution in [0.1, 0.15) is 44.1 Å². The van der Waals surface area contributed by atoms with Crippen molar-refractivity contribution in [1.29, 1.82) is 0 Å². The SMILES string of the molecule is CN1C(=O)/C(=C/c2ccc3ncsc3c2)N=C1NC1CCCCCC1. The van der Waals surface area contributed by atoms with Crippen LogP contribution in [0.15, 0.2) is 34.4 Å². The fraction of sp³-hybridized carbons (Fsp3) is 0.421. The van der Waals surface area contributed by atoms with Gasteiger partial charge in [0.05, 0.1) is 15.7 Å². The maximum absolute atomic E-state index is 12.5. The Hall–Kier alpha value is -2.21. The van der Waals surface area contributed by atoms with Crippen LogP contribution in [0.2, 0.25) is 0 Å². The summed E-state index contributed by atoms with van der Waals surface area (Å²) in [6, 6.07) is 6.44. The maximum Gasteiger partial charge on any atom is 0.279 e. The van der Waals surface area contributed by atoms with Gasteiger partial charge in [-0.3, -0.25) is 9.69 Å². The van der Waals surface area contributed by atoms with Gasteiger partial charge in [-0.05, 0) is 36.6 Å². The largest absolute Gasteiger partial charge is 0.353 e. The molecule has 1 N–H and O–H groups in total. The molecule has 1 aromatic heterocycles. The first-order valence-electron chi connectivity index (χ1n) is 8.89. The lowest BCUT2D eigenvalue weighted by atomic mass is 10.1. The highest BCUT2D eigenvalue weighted by Crippen LogP contribution is 2.23. The monoisotopic (exact) mass is 354 g/mol. The summed E-state index contributed by atoms with van der Waals surface area (Å²) in [6.07, 6.45) is 9.29. The van der Waals surface area contributed by atoms with Crippen molar-refractivity contribution in [3.8, 4) is 0 Å². The summed E-state index contributed by atoms with van der Waals surface area (Å²) in [5, 5.41) is 3.49. The van der Waals surface area contributed by atoms with Gasteiger partial charge in [0, 0.05) is 13.1 Å². The number of thiazole rings is 1. The number of nitrogens with one attached hydrogen (secondary N) is 1. The first kappa shape index (κ1) is 16.3. The lowest BCUT2D eigenvalue weighted by Crippen LogP contribution is -2.43. The van der Waals surface area contributed by atoms with Crippen LogP contribution in [-0.2, 0) is 4.79 Å². The van der Waals surface area contributed by atoms with Gasteiger partial charge in [-0.15, -0.1) is 11.3 Å². The van der Waals surface area contributed by atoms with E-state index < -0.39 is 0 Å². The fourth-order valence-corrected chi connectivity index (χ4v) is 4.18. The topological polar surface area (TPSA) is 57.6 Å². The number of amides is 1. The molecule has 1 aliphatic heterocycles. The first-order valence-corrected chi connectivity index (χ1v) is 9.77. The third-order valence-corrected chi connectivity index (χ3v) is 5.71. The van der Waals surface area contributed by atoms with Crippen molar-refractivity contribution in [2.45, 2.75) is 44.6 Å². The molecule has 1 fully saturated rings. The number of guanidine groups is 1. The van der Waals surface area contributed by atoms with Crippen molar-refractivity contribution in [2.75, 3.05) is 7.05 Å². The summed E-state index contributed by atoms with van der Waals surface area (Å²) in [7, 11) is 1.79. The zero-order chi connectivity index (χ0) is 17.2. The minimum Gasteiger partial charge on any atom is -0.353 e. The molecule has 0 unspecified atom stereocenters. The number of carbonyl (C=O) groups excluding carboxylic acids is 1. The number of nitrogens with zero attached hydrogens (tertiary/aromatic N) is 3. The molecular formula is C19H22N4OS. The van der Waals surface area contributed by atoms with Crippen LogP contribution >= 0.6 is 11.3 Å². The number of aliphatic imine (C=N–C) groups is 1. The average molecular weight is 354 g/mol. The minimum absolute atomic E-state index is 0.0551. The average Bonchev–Trinajstić information content (AvgIpc) is 3.06. The number of carbonyl (C=O) groups is 1. The van der Waals surface area contributed by atoms with Crippen LogP contribution in [0.25, 0.3) is 16.3 Å². The first-order chi connectivity index (χ1) is 12.2. The smallest absolute Gasteiger partial charge is 0.279 e. The summed E-state index contributed by atoms with van der Waals surface area (Å²) < 4.78 is 1.12. The van der Waals surface area contributed by atoms with Gasteiger partial charge in [-0.1, -0.05) is 31.7 Å². The lowest BCUT2D eigenvalue weighted by molar-refractivity contribution is -0.121. The van der Waals surface area contributed by atoms with Crippen molar-refractivity contribution >= 4 is 39.5 Å². The number of aromatic nitrogens is 1. The number of hydrogen-bond acceptors (Lipinski definition) is 5. The van der Waals surface area contributed by atoms with E-state index >= 15 is 0 Å². The van der Waals surface area contributed by atoms with Gasteiger partial charge in [0.1, 0.15) is 5.70 Å². The second-order valence-electron chi connectivity index (χ2n) is 6.74. The Balaban J connectivity index is 1.56. The number of benzene rings is 1. The zero-order valence-corrected chi connectivity index (χ0v) is 15.2. The van der Waals surface area contributed by atoms with Crippen molar-refractivity contribution < 1.29 is 4.79 Å². The van der Waals surface area contributed by atoms with Crippen molar-refractivity contribution in [1.82, 2.24) is 15.2 Å². The Bertz CT molecular complexity index is 846. The van der Waals surface area contributed by atoms with Gasteiger partial charge in [0.15, 0.2) is 0 Å². The molecule has 0 saturated heterocycles. The summed E-state index contributed by atoms with van der Waals surface area (Å²) in [5.41, 5.74) is 4.29. The molecule has 5 nitrogen and oxygen atoms in total. The van der Waals surface area contributed by atoms with Gasteiger partial charge in [-0.2, -0.15) is 0 Å². The highest BCUT2D eigenvalue weighted by Gasteiger charge is 2.28. The van der Waals surface area contributed by atoms with Gasteiger partial charge < -0.3 is 5.32 Å². The molecular weight excluding hydrogens is 332 g/mol. The van der Waals surface area contributed by atoms with E-state index in [1.54, 1.807) is 23.3 Å². The predicted octanol–water partition coefficient (Wildman–Crippen LogP) is 3.78. The van der Waals surface area contributed by atoms with E-state index in [1.165, 1.54) is 25.7 Å². The van der Waals surface area contributed by atoms with Gasteiger partial charge >= 0.3 is 0 Å². The van der Waals surface area contributed by atoms with Crippen LogP contribution < -0.4 is 5.32 Å². The second-order valence-corrected chi connectivity index (χ2v) is 7.63. The number of likely N-dealkylation sites (N-methyl/N-ethyl adjacent to an activating group) is 1. The van der Waals surface area contributed by atoms with Crippen LogP contribution in [0.4, 0.5) is 0 Å². The molecule has 1 saturated carbocycles. The molecule has 1 aromatic carbocycles. The Kier molecular flexibility index (Phi) is 4.53.